The Kier molecular flexibility index (Phi) is 5.46. The van der Waals surface area contributed by atoms with Gasteiger partial charge in [-0.3, -0.25) is 15.1 Å². The third kappa shape index (κ3) is 3.86. The molecule has 1 aromatic heterocycles. The van der Waals surface area contributed by atoms with E-state index in [1.165, 1.54) is 37.1 Å². The first kappa shape index (κ1) is 21.6. The number of nitrogens with zero attached hydrogens (tertiary/aromatic N) is 2. The van der Waals surface area contributed by atoms with Crippen molar-refractivity contribution in [1.29, 1.82) is 5.41 Å². The van der Waals surface area contributed by atoms with Gasteiger partial charge in [0.05, 0.1) is 23.9 Å². The van der Waals surface area contributed by atoms with E-state index in [0.717, 1.165) is 5.56 Å². The summed E-state index contributed by atoms with van der Waals surface area (Å²) in [6.07, 6.45) is 1.47. The van der Waals surface area contributed by atoms with Crippen LogP contribution < -0.4 is 0 Å². The molecule has 0 spiro atoms. The van der Waals surface area contributed by atoms with Crippen molar-refractivity contribution >= 4 is 46.4 Å². The van der Waals surface area contributed by atoms with Crippen molar-refractivity contribution in [1.82, 2.24) is 4.90 Å². The van der Waals surface area contributed by atoms with Crippen molar-refractivity contribution < 1.29 is 23.1 Å². The highest BCUT2D eigenvalue weighted by molar-refractivity contribution is 8.17. The Balaban J connectivity index is 1.42. The molecule has 5 rings (SSSR count). The fourth-order valence-electron chi connectivity index (χ4n) is 3.54. The minimum atomic E-state index is -0.544. The maximum atomic E-state index is 13.3. The van der Waals surface area contributed by atoms with Gasteiger partial charge < -0.3 is 9.15 Å². The lowest BCUT2D eigenvalue weighted by molar-refractivity contribution is -0.114. The zero-order chi connectivity index (χ0) is 23.8. The van der Waals surface area contributed by atoms with Gasteiger partial charge in [-0.05, 0) is 60.2 Å². The van der Waals surface area contributed by atoms with Crippen LogP contribution in [0.1, 0.15) is 21.7 Å². The number of ether oxygens (including phenoxy) is 1. The normalized spacial score (nSPS) is 16.4. The molecule has 3 aromatic rings. The number of esters is 1. The van der Waals surface area contributed by atoms with Crippen LogP contribution in [0.3, 0.4) is 0 Å². The van der Waals surface area contributed by atoms with Gasteiger partial charge in [-0.2, -0.15) is 4.99 Å². The topological polar surface area (TPSA) is 96.0 Å². The number of amidine groups is 2. The van der Waals surface area contributed by atoms with Crippen LogP contribution >= 0.6 is 11.8 Å². The van der Waals surface area contributed by atoms with Crippen LogP contribution in [0.2, 0.25) is 0 Å². The maximum Gasteiger partial charge on any atom is 0.337 e. The van der Waals surface area contributed by atoms with Crippen LogP contribution in [0.15, 0.2) is 81.1 Å². The second-order valence-corrected chi connectivity index (χ2v) is 8.18. The number of carbonyl (C=O) groups is 2. The molecule has 3 heterocycles. The highest BCUT2D eigenvalue weighted by Gasteiger charge is 2.36. The highest BCUT2D eigenvalue weighted by Crippen LogP contribution is 2.37. The number of aliphatic imine (C=N–C) groups is 1. The molecule has 1 amide bonds. The van der Waals surface area contributed by atoms with E-state index in [0.29, 0.717) is 33.5 Å². The number of fused-ring (bicyclic) bond motifs is 1. The van der Waals surface area contributed by atoms with Crippen LogP contribution in [0.25, 0.3) is 23.1 Å². The summed E-state index contributed by atoms with van der Waals surface area (Å²) in [7, 11) is 1.32. The number of amides is 1. The lowest BCUT2D eigenvalue weighted by atomic mass is 10.1. The summed E-state index contributed by atoms with van der Waals surface area (Å²) in [4.78, 5) is 29.9. The van der Waals surface area contributed by atoms with E-state index >= 15 is 0 Å². The molecule has 0 saturated carbocycles. The number of rotatable bonds is 4. The van der Waals surface area contributed by atoms with Crippen molar-refractivity contribution in [3.63, 3.8) is 0 Å². The summed E-state index contributed by atoms with van der Waals surface area (Å²) in [6, 6.07) is 16.1. The molecule has 2 aliphatic heterocycles. The number of hydrogen-bond donors (Lipinski definition) is 1. The van der Waals surface area contributed by atoms with Crippen LogP contribution in [-0.4, -0.2) is 34.9 Å². The third-order valence-corrected chi connectivity index (χ3v) is 6.08. The number of thioether (sulfide) groups is 1. The smallest absolute Gasteiger partial charge is 0.337 e. The molecular formula is C25H16FN3O4S. The molecule has 0 aliphatic carbocycles. The van der Waals surface area contributed by atoms with Crippen molar-refractivity contribution in [3.8, 4) is 11.3 Å². The first-order chi connectivity index (χ1) is 16.4. The van der Waals surface area contributed by atoms with Crippen LogP contribution in [0.4, 0.5) is 4.39 Å². The number of halogens is 1. The Morgan fingerprint density at radius 3 is 2.50 bits per heavy atom. The monoisotopic (exact) mass is 473 g/mol. The number of nitrogens with one attached hydrogen (secondary N) is 1. The molecule has 0 unspecified atom stereocenters. The van der Waals surface area contributed by atoms with E-state index in [4.69, 9.17) is 14.6 Å². The van der Waals surface area contributed by atoms with Gasteiger partial charge in [0.2, 0.25) is 0 Å². The number of methoxy groups -OCH3 is 1. The average molecular weight is 473 g/mol. The van der Waals surface area contributed by atoms with Crippen molar-refractivity contribution in [3.05, 3.63) is 94.3 Å². The summed E-state index contributed by atoms with van der Waals surface area (Å²) in [6.45, 7) is 0. The summed E-state index contributed by atoms with van der Waals surface area (Å²) >= 11 is 1.23. The Labute approximate surface area is 197 Å². The SMILES string of the molecule is COC(=O)c1ccc(-c2ccc(C=C3C(=N)N4C(c5ccc(F)cc5)=CSC4=NC3=O)o2)cc1. The molecule has 0 saturated heterocycles. The number of hydrogen-bond acceptors (Lipinski definition) is 6. The summed E-state index contributed by atoms with van der Waals surface area (Å²) < 4.78 is 23.9. The van der Waals surface area contributed by atoms with E-state index in [9.17, 15) is 14.0 Å². The van der Waals surface area contributed by atoms with Gasteiger partial charge in [-0.15, -0.1) is 0 Å². The maximum absolute atomic E-state index is 13.3. The Bertz CT molecular complexity index is 1420. The zero-order valence-corrected chi connectivity index (χ0v) is 18.6. The fraction of sp³-hybridized carbons (Fsp3) is 0.0400. The Morgan fingerprint density at radius 1 is 1.09 bits per heavy atom. The van der Waals surface area contributed by atoms with Gasteiger partial charge in [0.1, 0.15) is 23.2 Å². The zero-order valence-electron chi connectivity index (χ0n) is 17.7. The van der Waals surface area contributed by atoms with E-state index in [1.54, 1.807) is 58.8 Å². The molecule has 2 aromatic carbocycles. The number of furan rings is 1. The molecule has 1 N–H and O–H groups in total. The first-order valence-corrected chi connectivity index (χ1v) is 11.0. The molecule has 34 heavy (non-hydrogen) atoms. The fourth-order valence-corrected chi connectivity index (χ4v) is 4.43. The molecular weight excluding hydrogens is 457 g/mol. The average Bonchev–Trinajstić information content (AvgIpc) is 3.49. The van der Waals surface area contributed by atoms with E-state index in [-0.39, 0.29) is 17.2 Å². The minimum absolute atomic E-state index is 0.0454. The number of carbonyl (C=O) groups excluding carboxylic acids is 2. The molecule has 2 aliphatic rings. The van der Waals surface area contributed by atoms with E-state index in [2.05, 4.69) is 4.99 Å². The summed E-state index contributed by atoms with van der Waals surface area (Å²) in [5.74, 6) is -0.473. The molecule has 0 fully saturated rings. The predicted molar refractivity (Wildman–Crippen MR) is 127 cm³/mol. The van der Waals surface area contributed by atoms with Gasteiger partial charge in [-0.1, -0.05) is 23.9 Å². The van der Waals surface area contributed by atoms with Gasteiger partial charge >= 0.3 is 5.97 Å². The highest BCUT2D eigenvalue weighted by atomic mass is 32.2. The Hall–Kier alpha value is -4.24. The predicted octanol–water partition coefficient (Wildman–Crippen LogP) is 5.18. The molecule has 168 valence electrons. The minimum Gasteiger partial charge on any atom is -0.465 e. The van der Waals surface area contributed by atoms with E-state index < -0.39 is 11.9 Å². The summed E-state index contributed by atoms with van der Waals surface area (Å²) in [5.41, 5.74) is 2.57. The van der Waals surface area contributed by atoms with Gasteiger partial charge in [0.15, 0.2) is 5.17 Å². The first-order valence-electron chi connectivity index (χ1n) is 10.1. The standard InChI is InChI=1S/C25H16FN3O4S/c1-32-24(31)16-4-2-15(3-5-16)21-11-10-18(33-21)12-19-22(27)29-20(13-34-25(29)28-23(19)30)14-6-8-17(26)9-7-14/h2-13,27H,1H3. The lowest BCUT2D eigenvalue weighted by Gasteiger charge is -2.26. The van der Waals surface area contributed by atoms with Crippen molar-refractivity contribution in [2.24, 2.45) is 4.99 Å². The van der Waals surface area contributed by atoms with Crippen molar-refractivity contribution in [2.75, 3.05) is 7.11 Å². The third-order valence-electron chi connectivity index (χ3n) is 5.26. The molecule has 0 atom stereocenters. The summed E-state index contributed by atoms with van der Waals surface area (Å²) in [5, 5.41) is 10.8. The second kappa shape index (κ2) is 8.60. The van der Waals surface area contributed by atoms with E-state index in [1.807, 2.05) is 0 Å². The quantitative estimate of drug-likeness (QED) is 0.415. The van der Waals surface area contributed by atoms with Crippen LogP contribution in [0.5, 0.6) is 0 Å². The van der Waals surface area contributed by atoms with Crippen LogP contribution in [0, 0.1) is 11.2 Å². The van der Waals surface area contributed by atoms with Crippen LogP contribution in [-0.2, 0) is 9.53 Å². The van der Waals surface area contributed by atoms with Crippen molar-refractivity contribution in [2.45, 2.75) is 0 Å². The number of benzene rings is 2. The molecule has 0 radical (unpaired) electrons. The molecule has 7 nitrogen and oxygen atoms in total. The van der Waals surface area contributed by atoms with Gasteiger partial charge in [0, 0.05) is 11.0 Å². The second-order valence-electron chi connectivity index (χ2n) is 7.34. The lowest BCUT2D eigenvalue weighted by Crippen LogP contribution is -2.38. The van der Waals surface area contributed by atoms with Gasteiger partial charge in [0.25, 0.3) is 5.91 Å². The van der Waals surface area contributed by atoms with Gasteiger partial charge in [-0.25, -0.2) is 9.18 Å². The molecule has 9 heteroatoms. The largest absolute Gasteiger partial charge is 0.465 e. The molecule has 0 bridgehead atoms. The Morgan fingerprint density at radius 2 is 1.79 bits per heavy atom.